The van der Waals surface area contributed by atoms with Crippen molar-refractivity contribution in [3.8, 4) is 0 Å². The van der Waals surface area contributed by atoms with Crippen LogP contribution in [0.1, 0.15) is 45.6 Å². The number of nitrogens with two attached hydrogens (primary N) is 1. The van der Waals surface area contributed by atoms with Crippen molar-refractivity contribution in [1.82, 2.24) is 0 Å². The van der Waals surface area contributed by atoms with Gasteiger partial charge in [-0.3, -0.25) is 9.59 Å². The van der Waals surface area contributed by atoms with Gasteiger partial charge in [0.05, 0.1) is 19.6 Å². The molecule has 0 aromatic heterocycles. The Morgan fingerprint density at radius 1 is 0.958 bits per heavy atom. The first-order chi connectivity index (χ1) is 11.3. The normalized spacial score (nSPS) is 13.6. The van der Waals surface area contributed by atoms with E-state index in [2.05, 4.69) is 0 Å². The Bertz CT molecular complexity index is 513. The lowest BCUT2D eigenvalue weighted by molar-refractivity contribution is -0.148. The maximum Gasteiger partial charge on any atom is 0.323 e. The first-order valence-corrected chi connectivity index (χ1v) is 8.44. The molecule has 1 aromatic rings. The molecule has 0 heterocycles. The number of carbonyl (C=O) groups is 2. The Morgan fingerprint density at radius 2 is 1.50 bits per heavy atom. The molecule has 0 fully saturated rings. The molecule has 24 heavy (non-hydrogen) atoms. The average molecular weight is 335 g/mol. The van der Waals surface area contributed by atoms with Crippen molar-refractivity contribution < 1.29 is 19.1 Å². The van der Waals surface area contributed by atoms with E-state index in [0.717, 1.165) is 5.56 Å². The van der Waals surface area contributed by atoms with Gasteiger partial charge in [0, 0.05) is 5.92 Å². The second-order valence-electron chi connectivity index (χ2n) is 6.85. The Kier molecular flexibility index (Phi) is 8.47. The van der Waals surface area contributed by atoms with E-state index in [1.165, 1.54) is 0 Å². The number of esters is 2. The van der Waals surface area contributed by atoms with Crippen LogP contribution in [0.5, 0.6) is 0 Å². The SMILES string of the molecule is CC(C)COC(=O)C[C@@H](c1ccccc1)[C@@H](N)C(=O)OCC(C)C. The van der Waals surface area contributed by atoms with Crippen molar-refractivity contribution in [3.63, 3.8) is 0 Å². The fraction of sp³-hybridized carbons (Fsp3) is 0.579. The summed E-state index contributed by atoms with van der Waals surface area (Å²) >= 11 is 0. The molecule has 1 aromatic carbocycles. The molecule has 0 saturated heterocycles. The first kappa shape index (κ1) is 20.2. The second-order valence-corrected chi connectivity index (χ2v) is 6.85. The summed E-state index contributed by atoms with van der Waals surface area (Å²) in [5, 5.41) is 0. The number of ether oxygens (including phenoxy) is 2. The number of hydrogen-bond acceptors (Lipinski definition) is 5. The van der Waals surface area contributed by atoms with Crippen LogP contribution in [0.15, 0.2) is 30.3 Å². The summed E-state index contributed by atoms with van der Waals surface area (Å²) in [6, 6.07) is 8.39. The highest BCUT2D eigenvalue weighted by Gasteiger charge is 2.30. The summed E-state index contributed by atoms with van der Waals surface area (Å²) in [5.74, 6) is -0.828. The molecule has 0 radical (unpaired) electrons. The number of carbonyl (C=O) groups excluding carboxylic acids is 2. The predicted octanol–water partition coefficient (Wildman–Crippen LogP) is 2.89. The summed E-state index contributed by atoms with van der Waals surface area (Å²) in [6.45, 7) is 8.51. The van der Waals surface area contributed by atoms with Gasteiger partial charge in [-0.1, -0.05) is 58.0 Å². The number of hydrogen-bond donors (Lipinski definition) is 1. The second kappa shape index (κ2) is 10.1. The minimum absolute atomic E-state index is 0.0503. The first-order valence-electron chi connectivity index (χ1n) is 8.44. The van der Waals surface area contributed by atoms with E-state index >= 15 is 0 Å². The third-order valence-electron chi connectivity index (χ3n) is 3.46. The van der Waals surface area contributed by atoms with Crippen molar-refractivity contribution in [2.75, 3.05) is 13.2 Å². The van der Waals surface area contributed by atoms with Gasteiger partial charge in [0.2, 0.25) is 0 Å². The zero-order valence-electron chi connectivity index (χ0n) is 15.0. The van der Waals surface area contributed by atoms with E-state index < -0.39 is 17.9 Å². The van der Waals surface area contributed by atoms with E-state index in [-0.39, 0.29) is 24.2 Å². The predicted molar refractivity (Wildman–Crippen MR) is 93.4 cm³/mol. The summed E-state index contributed by atoms with van der Waals surface area (Å²) in [7, 11) is 0. The summed E-state index contributed by atoms with van der Waals surface area (Å²) < 4.78 is 10.5. The molecule has 0 spiro atoms. The van der Waals surface area contributed by atoms with Crippen LogP contribution < -0.4 is 5.73 Å². The smallest absolute Gasteiger partial charge is 0.323 e. The van der Waals surface area contributed by atoms with Crippen LogP contribution >= 0.6 is 0 Å². The molecule has 134 valence electrons. The molecule has 1 rings (SSSR count). The van der Waals surface area contributed by atoms with Crippen LogP contribution in [0.25, 0.3) is 0 Å². The van der Waals surface area contributed by atoms with Crippen LogP contribution in [-0.2, 0) is 19.1 Å². The third-order valence-corrected chi connectivity index (χ3v) is 3.46. The van der Waals surface area contributed by atoms with Gasteiger partial charge in [0.25, 0.3) is 0 Å². The van der Waals surface area contributed by atoms with Gasteiger partial charge in [-0.15, -0.1) is 0 Å². The molecule has 5 nitrogen and oxygen atoms in total. The average Bonchev–Trinajstić information content (AvgIpc) is 2.55. The van der Waals surface area contributed by atoms with Gasteiger partial charge in [0.15, 0.2) is 0 Å². The lowest BCUT2D eigenvalue weighted by Crippen LogP contribution is -2.39. The molecule has 0 amide bonds. The highest BCUT2D eigenvalue weighted by molar-refractivity contribution is 5.79. The Labute approximate surface area is 144 Å². The minimum atomic E-state index is -0.905. The molecule has 2 atom stereocenters. The molecule has 0 saturated carbocycles. The topological polar surface area (TPSA) is 78.6 Å². The van der Waals surface area contributed by atoms with Crippen molar-refractivity contribution >= 4 is 11.9 Å². The van der Waals surface area contributed by atoms with E-state index in [9.17, 15) is 9.59 Å². The molecular weight excluding hydrogens is 306 g/mol. The summed E-state index contributed by atoms with van der Waals surface area (Å²) in [4.78, 5) is 24.3. The largest absolute Gasteiger partial charge is 0.465 e. The quantitative estimate of drug-likeness (QED) is 0.702. The monoisotopic (exact) mass is 335 g/mol. The fourth-order valence-corrected chi connectivity index (χ4v) is 2.16. The summed E-state index contributed by atoms with van der Waals surface area (Å²) in [6.07, 6.45) is 0.0503. The molecule has 5 heteroatoms. The molecule has 0 bridgehead atoms. The van der Waals surface area contributed by atoms with E-state index in [0.29, 0.717) is 13.2 Å². The van der Waals surface area contributed by atoms with Gasteiger partial charge in [0.1, 0.15) is 6.04 Å². The van der Waals surface area contributed by atoms with Crippen LogP contribution in [-0.4, -0.2) is 31.2 Å². The van der Waals surface area contributed by atoms with Crippen LogP contribution in [0.3, 0.4) is 0 Å². The van der Waals surface area contributed by atoms with E-state index in [4.69, 9.17) is 15.2 Å². The molecule has 0 aliphatic carbocycles. The molecule has 0 aliphatic rings. The third kappa shape index (κ3) is 7.13. The van der Waals surface area contributed by atoms with Crippen molar-refractivity contribution in [2.24, 2.45) is 17.6 Å². The Balaban J connectivity index is 2.81. The van der Waals surface area contributed by atoms with Crippen molar-refractivity contribution in [2.45, 2.75) is 46.1 Å². The van der Waals surface area contributed by atoms with Gasteiger partial charge in [-0.2, -0.15) is 0 Å². The Hall–Kier alpha value is -1.88. The van der Waals surface area contributed by atoms with E-state index in [1.54, 1.807) is 0 Å². The minimum Gasteiger partial charge on any atom is -0.465 e. The van der Waals surface area contributed by atoms with Gasteiger partial charge in [-0.25, -0.2) is 0 Å². The van der Waals surface area contributed by atoms with Gasteiger partial charge in [-0.05, 0) is 17.4 Å². The van der Waals surface area contributed by atoms with Gasteiger partial charge >= 0.3 is 11.9 Å². The van der Waals surface area contributed by atoms with Gasteiger partial charge < -0.3 is 15.2 Å². The van der Waals surface area contributed by atoms with Crippen molar-refractivity contribution in [1.29, 1.82) is 0 Å². The van der Waals surface area contributed by atoms with Crippen LogP contribution in [0.4, 0.5) is 0 Å². The zero-order chi connectivity index (χ0) is 18.1. The molecule has 0 aliphatic heterocycles. The number of benzene rings is 1. The van der Waals surface area contributed by atoms with Crippen molar-refractivity contribution in [3.05, 3.63) is 35.9 Å². The lowest BCUT2D eigenvalue weighted by atomic mass is 9.89. The number of rotatable bonds is 9. The highest BCUT2D eigenvalue weighted by atomic mass is 16.5. The molecule has 0 unspecified atom stereocenters. The van der Waals surface area contributed by atoms with E-state index in [1.807, 2.05) is 58.0 Å². The van der Waals surface area contributed by atoms with Crippen LogP contribution in [0, 0.1) is 11.8 Å². The van der Waals surface area contributed by atoms with Crippen LogP contribution in [0.2, 0.25) is 0 Å². The zero-order valence-corrected chi connectivity index (χ0v) is 15.0. The Morgan fingerprint density at radius 3 is 2.04 bits per heavy atom. The lowest BCUT2D eigenvalue weighted by Gasteiger charge is -2.23. The molecular formula is C19H29NO4. The molecule has 2 N–H and O–H groups in total. The fourth-order valence-electron chi connectivity index (χ4n) is 2.16. The maximum atomic E-state index is 12.2. The summed E-state index contributed by atoms with van der Waals surface area (Å²) in [5.41, 5.74) is 6.93. The highest BCUT2D eigenvalue weighted by Crippen LogP contribution is 2.24. The maximum absolute atomic E-state index is 12.2. The standard InChI is InChI=1S/C19H29NO4/c1-13(2)11-23-17(21)10-16(15-8-6-5-7-9-15)18(20)19(22)24-12-14(3)4/h5-9,13-14,16,18H,10-12,20H2,1-4H3/t16-,18+/m0/s1.